The Kier molecular flexibility index (Phi) is 2.50. The van der Waals surface area contributed by atoms with Crippen molar-refractivity contribution in [3.8, 4) is 0 Å². The minimum Gasteiger partial charge on any atom is -0.357 e. The summed E-state index contributed by atoms with van der Waals surface area (Å²) in [5.41, 5.74) is -1.33. The van der Waals surface area contributed by atoms with Gasteiger partial charge in [0.05, 0.1) is 11.5 Å². The molecule has 18 heavy (non-hydrogen) atoms. The molecule has 1 aliphatic heterocycles. The highest BCUT2D eigenvalue weighted by Crippen LogP contribution is 2.56. The summed E-state index contributed by atoms with van der Waals surface area (Å²) in [5.74, 6) is -3.55. The smallest absolute Gasteiger partial charge is 0.316 e. The van der Waals surface area contributed by atoms with Crippen molar-refractivity contribution in [2.75, 3.05) is 6.61 Å². The van der Waals surface area contributed by atoms with E-state index in [9.17, 15) is 13.2 Å². The zero-order valence-corrected chi connectivity index (χ0v) is 10.0. The highest BCUT2D eigenvalue weighted by atomic mass is 32.1. The molecule has 94 valence electrons. The molecule has 1 aromatic heterocycles. The molecule has 1 unspecified atom stereocenters. The Morgan fingerprint density at radius 3 is 2.33 bits per heavy atom. The average molecular weight is 270 g/mol. The van der Waals surface area contributed by atoms with Gasteiger partial charge in [0.1, 0.15) is 5.82 Å². The van der Waals surface area contributed by atoms with E-state index in [4.69, 9.17) is 4.74 Å². The van der Waals surface area contributed by atoms with Gasteiger partial charge >= 0.3 is 5.92 Å². The lowest BCUT2D eigenvalue weighted by Gasteiger charge is -2.23. The third kappa shape index (κ3) is 1.58. The monoisotopic (exact) mass is 270 g/mol. The van der Waals surface area contributed by atoms with Gasteiger partial charge in [-0.05, 0) is 29.1 Å². The molecule has 3 rings (SSSR count). The van der Waals surface area contributed by atoms with Crippen LogP contribution in [0.4, 0.5) is 13.2 Å². The van der Waals surface area contributed by atoms with Crippen LogP contribution in [0.25, 0.3) is 0 Å². The van der Waals surface area contributed by atoms with Crippen LogP contribution in [0, 0.1) is 5.82 Å². The molecule has 1 saturated heterocycles. The zero-order chi connectivity index (χ0) is 12.8. The van der Waals surface area contributed by atoms with Crippen molar-refractivity contribution < 1.29 is 17.9 Å². The fraction of sp³-hybridized carbons (Fsp3) is 0.231. The van der Waals surface area contributed by atoms with Crippen molar-refractivity contribution in [2.45, 2.75) is 11.5 Å². The van der Waals surface area contributed by atoms with Gasteiger partial charge in [-0.15, -0.1) is 11.3 Å². The van der Waals surface area contributed by atoms with Crippen LogP contribution in [0.2, 0.25) is 0 Å². The number of benzene rings is 1. The first kappa shape index (κ1) is 11.7. The predicted molar refractivity (Wildman–Crippen MR) is 62.2 cm³/mol. The Morgan fingerprint density at radius 2 is 1.83 bits per heavy atom. The van der Waals surface area contributed by atoms with E-state index in [1.165, 1.54) is 30.3 Å². The summed E-state index contributed by atoms with van der Waals surface area (Å²) >= 11 is 0.990. The Bertz CT molecular complexity index is 544. The van der Waals surface area contributed by atoms with Crippen molar-refractivity contribution in [1.82, 2.24) is 0 Å². The fourth-order valence-electron chi connectivity index (χ4n) is 1.98. The zero-order valence-electron chi connectivity index (χ0n) is 9.20. The van der Waals surface area contributed by atoms with Crippen LogP contribution in [0.15, 0.2) is 41.8 Å². The van der Waals surface area contributed by atoms with Gasteiger partial charge in [-0.1, -0.05) is 18.2 Å². The van der Waals surface area contributed by atoms with Crippen LogP contribution >= 0.6 is 11.3 Å². The first-order chi connectivity index (χ1) is 8.56. The number of rotatable bonds is 3. The Balaban J connectivity index is 2.03. The van der Waals surface area contributed by atoms with E-state index in [0.717, 1.165) is 11.3 Å². The van der Waals surface area contributed by atoms with E-state index < -0.39 is 17.3 Å². The molecule has 1 nitrogen and oxygen atoms in total. The van der Waals surface area contributed by atoms with E-state index in [1.807, 2.05) is 0 Å². The number of hydrogen-bond donors (Lipinski definition) is 0. The molecule has 1 aliphatic rings. The first-order valence-electron chi connectivity index (χ1n) is 5.38. The van der Waals surface area contributed by atoms with Gasteiger partial charge in [-0.25, -0.2) is 4.39 Å². The Morgan fingerprint density at radius 1 is 1.17 bits per heavy atom. The molecule has 0 saturated carbocycles. The van der Waals surface area contributed by atoms with Crippen LogP contribution in [0.5, 0.6) is 0 Å². The highest BCUT2D eigenvalue weighted by molar-refractivity contribution is 7.10. The maximum Gasteiger partial charge on any atom is 0.316 e. The summed E-state index contributed by atoms with van der Waals surface area (Å²) in [5, 5.41) is 1.60. The number of epoxide rings is 1. The van der Waals surface area contributed by atoms with Crippen LogP contribution in [-0.4, -0.2) is 6.61 Å². The van der Waals surface area contributed by atoms with Crippen molar-refractivity contribution >= 4 is 11.3 Å². The molecular formula is C13H9F3OS. The standard InChI is InChI=1S/C13H9F3OS/c14-10-5-3-9(4-6-10)12(8-17-12)13(15,16)11-2-1-7-18-11/h1-7H,8H2. The summed E-state index contributed by atoms with van der Waals surface area (Å²) < 4.78 is 46.7. The van der Waals surface area contributed by atoms with E-state index in [-0.39, 0.29) is 11.5 Å². The minimum absolute atomic E-state index is 0.0377. The lowest BCUT2D eigenvalue weighted by atomic mass is 9.92. The van der Waals surface area contributed by atoms with Crippen LogP contribution in [-0.2, 0) is 16.3 Å². The van der Waals surface area contributed by atoms with Crippen molar-refractivity contribution in [3.05, 3.63) is 58.0 Å². The number of ether oxygens (including phenoxy) is 1. The predicted octanol–water partition coefficient (Wildman–Crippen LogP) is 3.90. The van der Waals surface area contributed by atoms with E-state index in [2.05, 4.69) is 0 Å². The van der Waals surface area contributed by atoms with Crippen molar-refractivity contribution in [3.63, 3.8) is 0 Å². The number of halogens is 3. The van der Waals surface area contributed by atoms with E-state index in [0.29, 0.717) is 5.56 Å². The van der Waals surface area contributed by atoms with Crippen molar-refractivity contribution in [2.24, 2.45) is 0 Å². The molecule has 5 heteroatoms. The minimum atomic E-state index is -3.10. The highest BCUT2D eigenvalue weighted by Gasteiger charge is 2.66. The summed E-state index contributed by atoms with van der Waals surface area (Å²) in [6.07, 6.45) is 0. The molecule has 0 amide bonds. The molecule has 1 atom stereocenters. The van der Waals surface area contributed by atoms with Gasteiger partial charge in [0, 0.05) is 0 Å². The summed E-state index contributed by atoms with van der Waals surface area (Å²) in [6.45, 7) is -0.0521. The summed E-state index contributed by atoms with van der Waals surface area (Å²) in [7, 11) is 0. The number of hydrogen-bond acceptors (Lipinski definition) is 2. The van der Waals surface area contributed by atoms with Gasteiger partial charge < -0.3 is 4.74 Å². The van der Waals surface area contributed by atoms with Crippen LogP contribution in [0.1, 0.15) is 10.4 Å². The summed E-state index contributed by atoms with van der Waals surface area (Å²) in [6, 6.07) is 8.01. The Labute approximate surface area is 106 Å². The molecule has 1 fully saturated rings. The van der Waals surface area contributed by atoms with Crippen LogP contribution < -0.4 is 0 Å². The quantitative estimate of drug-likeness (QED) is 0.770. The maximum absolute atomic E-state index is 14.4. The van der Waals surface area contributed by atoms with Crippen LogP contribution in [0.3, 0.4) is 0 Å². The molecule has 0 bridgehead atoms. The maximum atomic E-state index is 14.4. The average Bonchev–Trinajstić information content (AvgIpc) is 2.98. The molecule has 0 radical (unpaired) electrons. The van der Waals surface area contributed by atoms with Gasteiger partial charge in [-0.2, -0.15) is 8.78 Å². The summed E-state index contributed by atoms with van der Waals surface area (Å²) in [4.78, 5) is -0.0377. The lowest BCUT2D eigenvalue weighted by molar-refractivity contribution is -0.0822. The Hall–Kier alpha value is -1.33. The van der Waals surface area contributed by atoms with E-state index >= 15 is 0 Å². The largest absolute Gasteiger partial charge is 0.357 e. The van der Waals surface area contributed by atoms with Gasteiger partial charge in [0.15, 0.2) is 5.60 Å². The molecule has 0 N–H and O–H groups in total. The van der Waals surface area contributed by atoms with Gasteiger partial charge in [0.2, 0.25) is 0 Å². The van der Waals surface area contributed by atoms with E-state index in [1.54, 1.807) is 11.4 Å². The second kappa shape index (κ2) is 3.83. The second-order valence-corrected chi connectivity index (χ2v) is 5.12. The number of thiophene rings is 1. The van der Waals surface area contributed by atoms with Crippen molar-refractivity contribution in [1.29, 1.82) is 0 Å². The third-order valence-electron chi connectivity index (χ3n) is 3.08. The molecule has 2 aromatic rings. The molecule has 1 aromatic carbocycles. The normalized spacial score (nSPS) is 23.1. The lowest BCUT2D eigenvalue weighted by Crippen LogP contribution is -2.31. The van der Waals surface area contributed by atoms with Gasteiger partial charge in [-0.3, -0.25) is 0 Å². The number of alkyl halides is 2. The topological polar surface area (TPSA) is 12.5 Å². The second-order valence-electron chi connectivity index (χ2n) is 4.17. The fourth-order valence-corrected chi connectivity index (χ4v) is 2.75. The molecular weight excluding hydrogens is 261 g/mol. The molecule has 0 spiro atoms. The van der Waals surface area contributed by atoms with Gasteiger partial charge in [0.25, 0.3) is 0 Å². The first-order valence-corrected chi connectivity index (χ1v) is 6.26. The SMILES string of the molecule is Fc1ccc(C2(C(F)(F)c3cccs3)CO2)cc1. The molecule has 2 heterocycles. The third-order valence-corrected chi connectivity index (χ3v) is 4.02. The molecule has 0 aliphatic carbocycles.